The Bertz CT molecular complexity index is 350. The van der Waals surface area contributed by atoms with E-state index < -0.39 is 0 Å². The van der Waals surface area contributed by atoms with E-state index in [0.717, 1.165) is 5.56 Å². The molecule has 4 heteroatoms. The second kappa shape index (κ2) is 5.36. The standard InChI is InChI=1S/C11H16N2O2/c1-8-3-4-9(10(7-8)15-2)11(14)13-6-5-12/h3-4,7H,5-6,12H2,1-2H3,(H,13,14). The van der Waals surface area contributed by atoms with Crippen molar-refractivity contribution in [3.8, 4) is 5.75 Å². The highest BCUT2D eigenvalue weighted by Crippen LogP contribution is 2.19. The maximum Gasteiger partial charge on any atom is 0.255 e. The van der Waals surface area contributed by atoms with Crippen LogP contribution in [0.4, 0.5) is 0 Å². The molecule has 1 amide bonds. The lowest BCUT2D eigenvalue weighted by Crippen LogP contribution is -2.29. The first-order valence-corrected chi connectivity index (χ1v) is 4.82. The summed E-state index contributed by atoms with van der Waals surface area (Å²) in [6, 6.07) is 5.46. The molecule has 0 aliphatic carbocycles. The number of benzene rings is 1. The summed E-state index contributed by atoms with van der Waals surface area (Å²) in [7, 11) is 1.55. The number of ether oxygens (including phenoxy) is 1. The number of nitrogens with one attached hydrogen (secondary N) is 1. The van der Waals surface area contributed by atoms with Crippen LogP contribution in [0.5, 0.6) is 5.75 Å². The largest absolute Gasteiger partial charge is 0.496 e. The molecule has 0 aromatic heterocycles. The van der Waals surface area contributed by atoms with Gasteiger partial charge in [-0.2, -0.15) is 0 Å². The Morgan fingerprint density at radius 3 is 2.87 bits per heavy atom. The van der Waals surface area contributed by atoms with Gasteiger partial charge in [0.15, 0.2) is 0 Å². The number of methoxy groups -OCH3 is 1. The van der Waals surface area contributed by atoms with E-state index in [0.29, 0.717) is 24.4 Å². The fraction of sp³-hybridized carbons (Fsp3) is 0.364. The van der Waals surface area contributed by atoms with Crippen LogP contribution in [0, 0.1) is 6.92 Å². The molecule has 1 aromatic rings. The summed E-state index contributed by atoms with van der Waals surface area (Å²) in [6.07, 6.45) is 0. The van der Waals surface area contributed by atoms with Crippen LogP contribution in [-0.2, 0) is 0 Å². The zero-order valence-corrected chi connectivity index (χ0v) is 9.04. The van der Waals surface area contributed by atoms with Crippen LogP contribution < -0.4 is 15.8 Å². The van der Waals surface area contributed by atoms with E-state index >= 15 is 0 Å². The minimum Gasteiger partial charge on any atom is -0.496 e. The van der Waals surface area contributed by atoms with E-state index in [4.69, 9.17) is 10.5 Å². The lowest BCUT2D eigenvalue weighted by Gasteiger charge is -2.09. The second-order valence-electron chi connectivity index (χ2n) is 3.25. The van der Waals surface area contributed by atoms with E-state index in [-0.39, 0.29) is 5.91 Å². The Kier molecular flexibility index (Phi) is 4.12. The van der Waals surface area contributed by atoms with Gasteiger partial charge in [-0.1, -0.05) is 6.07 Å². The molecule has 0 aliphatic rings. The summed E-state index contributed by atoms with van der Waals surface area (Å²) in [5, 5.41) is 2.70. The Morgan fingerprint density at radius 2 is 2.27 bits per heavy atom. The molecule has 0 spiro atoms. The van der Waals surface area contributed by atoms with Gasteiger partial charge in [-0.25, -0.2) is 0 Å². The van der Waals surface area contributed by atoms with Gasteiger partial charge in [-0.3, -0.25) is 4.79 Å². The van der Waals surface area contributed by atoms with E-state index in [9.17, 15) is 4.79 Å². The zero-order valence-electron chi connectivity index (χ0n) is 9.04. The smallest absolute Gasteiger partial charge is 0.255 e. The number of carbonyl (C=O) groups excluding carboxylic acids is 1. The van der Waals surface area contributed by atoms with Gasteiger partial charge in [0.2, 0.25) is 0 Å². The highest BCUT2D eigenvalue weighted by atomic mass is 16.5. The molecule has 0 aliphatic heterocycles. The normalized spacial score (nSPS) is 9.80. The molecule has 0 saturated carbocycles. The van der Waals surface area contributed by atoms with Crippen molar-refractivity contribution in [3.05, 3.63) is 29.3 Å². The van der Waals surface area contributed by atoms with Crippen LogP contribution in [0.25, 0.3) is 0 Å². The number of hydrogen-bond donors (Lipinski definition) is 2. The van der Waals surface area contributed by atoms with Crippen molar-refractivity contribution in [1.82, 2.24) is 5.32 Å². The molecule has 1 rings (SSSR count). The quantitative estimate of drug-likeness (QED) is 0.765. The van der Waals surface area contributed by atoms with Crippen LogP contribution in [0.2, 0.25) is 0 Å². The molecule has 0 atom stereocenters. The monoisotopic (exact) mass is 208 g/mol. The minimum atomic E-state index is -0.155. The Morgan fingerprint density at radius 1 is 1.53 bits per heavy atom. The van der Waals surface area contributed by atoms with Gasteiger partial charge in [-0.05, 0) is 24.6 Å². The van der Waals surface area contributed by atoms with Crippen LogP contribution in [0.15, 0.2) is 18.2 Å². The molecule has 0 fully saturated rings. The topological polar surface area (TPSA) is 64.3 Å². The average molecular weight is 208 g/mol. The van der Waals surface area contributed by atoms with Crippen LogP contribution in [0.3, 0.4) is 0 Å². The summed E-state index contributed by atoms with van der Waals surface area (Å²) in [4.78, 5) is 11.6. The average Bonchev–Trinajstić information content (AvgIpc) is 2.25. The third kappa shape index (κ3) is 2.95. The summed E-state index contributed by atoms with van der Waals surface area (Å²) < 4.78 is 5.14. The summed E-state index contributed by atoms with van der Waals surface area (Å²) in [5.41, 5.74) is 6.90. The van der Waals surface area contributed by atoms with E-state index in [1.807, 2.05) is 19.1 Å². The van der Waals surface area contributed by atoms with Crippen molar-refractivity contribution >= 4 is 5.91 Å². The number of carbonyl (C=O) groups is 1. The Hall–Kier alpha value is -1.55. The van der Waals surface area contributed by atoms with Crippen LogP contribution >= 0.6 is 0 Å². The molecule has 0 radical (unpaired) electrons. The van der Waals surface area contributed by atoms with Crippen molar-refractivity contribution in [3.63, 3.8) is 0 Å². The van der Waals surface area contributed by atoms with Crippen molar-refractivity contribution < 1.29 is 9.53 Å². The van der Waals surface area contributed by atoms with Gasteiger partial charge < -0.3 is 15.8 Å². The number of nitrogens with two attached hydrogens (primary N) is 1. The molecular weight excluding hydrogens is 192 g/mol. The predicted octanol–water partition coefficient (Wildman–Crippen LogP) is 0.692. The van der Waals surface area contributed by atoms with Crippen molar-refractivity contribution in [2.45, 2.75) is 6.92 Å². The minimum absolute atomic E-state index is 0.155. The Balaban J connectivity index is 2.87. The molecule has 0 heterocycles. The van der Waals surface area contributed by atoms with Crippen LogP contribution in [-0.4, -0.2) is 26.1 Å². The van der Waals surface area contributed by atoms with Crippen molar-refractivity contribution in [2.75, 3.05) is 20.2 Å². The molecule has 0 saturated heterocycles. The first kappa shape index (κ1) is 11.5. The maximum atomic E-state index is 11.6. The van der Waals surface area contributed by atoms with Gasteiger partial charge in [0.25, 0.3) is 5.91 Å². The van der Waals surface area contributed by atoms with Gasteiger partial charge >= 0.3 is 0 Å². The number of rotatable bonds is 4. The summed E-state index contributed by atoms with van der Waals surface area (Å²) >= 11 is 0. The fourth-order valence-electron chi connectivity index (χ4n) is 1.27. The zero-order chi connectivity index (χ0) is 11.3. The first-order chi connectivity index (χ1) is 7.19. The van der Waals surface area contributed by atoms with Gasteiger partial charge in [-0.15, -0.1) is 0 Å². The maximum absolute atomic E-state index is 11.6. The van der Waals surface area contributed by atoms with Gasteiger partial charge in [0.05, 0.1) is 12.7 Å². The third-order valence-corrected chi connectivity index (χ3v) is 2.03. The van der Waals surface area contributed by atoms with Crippen molar-refractivity contribution in [1.29, 1.82) is 0 Å². The molecule has 0 bridgehead atoms. The molecule has 1 aromatic carbocycles. The Labute approximate surface area is 89.4 Å². The molecular formula is C11H16N2O2. The highest BCUT2D eigenvalue weighted by molar-refractivity contribution is 5.97. The number of aryl methyl sites for hydroxylation is 1. The predicted molar refractivity (Wildman–Crippen MR) is 59.1 cm³/mol. The molecule has 15 heavy (non-hydrogen) atoms. The molecule has 3 N–H and O–H groups in total. The number of hydrogen-bond acceptors (Lipinski definition) is 3. The first-order valence-electron chi connectivity index (χ1n) is 4.82. The van der Waals surface area contributed by atoms with E-state index in [1.54, 1.807) is 13.2 Å². The fourth-order valence-corrected chi connectivity index (χ4v) is 1.27. The van der Waals surface area contributed by atoms with Gasteiger partial charge in [0.1, 0.15) is 5.75 Å². The number of amides is 1. The molecule has 82 valence electrons. The van der Waals surface area contributed by atoms with Crippen molar-refractivity contribution in [2.24, 2.45) is 5.73 Å². The lowest BCUT2D eigenvalue weighted by molar-refractivity contribution is 0.0951. The summed E-state index contributed by atoms with van der Waals surface area (Å²) in [5.74, 6) is 0.432. The molecule has 4 nitrogen and oxygen atoms in total. The lowest BCUT2D eigenvalue weighted by atomic mass is 10.1. The van der Waals surface area contributed by atoms with Crippen LogP contribution in [0.1, 0.15) is 15.9 Å². The van der Waals surface area contributed by atoms with E-state index in [2.05, 4.69) is 5.32 Å². The third-order valence-electron chi connectivity index (χ3n) is 2.03. The molecule has 0 unspecified atom stereocenters. The van der Waals surface area contributed by atoms with Gasteiger partial charge in [0, 0.05) is 13.1 Å². The SMILES string of the molecule is COc1cc(C)ccc1C(=O)NCCN. The second-order valence-corrected chi connectivity index (χ2v) is 3.25. The van der Waals surface area contributed by atoms with E-state index in [1.165, 1.54) is 0 Å². The highest BCUT2D eigenvalue weighted by Gasteiger charge is 2.10. The summed E-state index contributed by atoms with van der Waals surface area (Å²) in [6.45, 7) is 2.85.